The van der Waals surface area contributed by atoms with Gasteiger partial charge in [-0.25, -0.2) is 4.79 Å². The molecule has 0 aromatic heterocycles. The lowest BCUT2D eigenvalue weighted by atomic mass is 9.93. The molecular weight excluding hydrogens is 316 g/mol. The molecule has 0 amide bonds. The third kappa shape index (κ3) is 4.09. The highest BCUT2D eigenvalue weighted by molar-refractivity contribution is 5.90. The van der Waals surface area contributed by atoms with Gasteiger partial charge in [0.1, 0.15) is 11.3 Å². The quantitative estimate of drug-likeness (QED) is 0.833. The van der Waals surface area contributed by atoms with Gasteiger partial charge in [0.25, 0.3) is 0 Å². The van der Waals surface area contributed by atoms with E-state index in [0.717, 1.165) is 11.1 Å². The number of carbonyl (C=O) groups excluding carboxylic acids is 1. The smallest absolute Gasteiger partial charge is 0.340 e. The van der Waals surface area contributed by atoms with Crippen molar-refractivity contribution in [3.8, 4) is 0 Å². The predicted molar refractivity (Wildman–Crippen MR) is 95.1 cm³/mol. The Balaban J connectivity index is 1.91. The highest BCUT2D eigenvalue weighted by Crippen LogP contribution is 2.35. The van der Waals surface area contributed by atoms with Gasteiger partial charge in [-0.2, -0.15) is 0 Å². The van der Waals surface area contributed by atoms with Gasteiger partial charge in [0.05, 0.1) is 18.8 Å². The lowest BCUT2D eigenvalue weighted by Crippen LogP contribution is -2.32. The average molecular weight is 338 g/mol. The minimum absolute atomic E-state index is 0.0551. The summed E-state index contributed by atoms with van der Waals surface area (Å²) in [7, 11) is 0. The molecule has 0 bridgehead atoms. The summed E-state index contributed by atoms with van der Waals surface area (Å²) in [5.74, 6) is -0.452. The maximum absolute atomic E-state index is 12.3. The molecule has 3 rings (SSSR count). The maximum atomic E-state index is 12.3. The van der Waals surface area contributed by atoms with E-state index in [1.807, 2.05) is 60.7 Å². The Morgan fingerprint density at radius 3 is 2.40 bits per heavy atom. The Hall–Kier alpha value is -2.59. The summed E-state index contributed by atoms with van der Waals surface area (Å²) in [6, 6.07) is 19.5. The largest absolute Gasteiger partial charge is 0.512 e. The zero-order valence-corrected chi connectivity index (χ0v) is 14.2. The van der Waals surface area contributed by atoms with Crippen molar-refractivity contribution in [1.82, 2.24) is 0 Å². The summed E-state index contributed by atoms with van der Waals surface area (Å²) in [6.07, 6.45) is -0.0558. The first kappa shape index (κ1) is 17.2. The SMILES string of the molecule is CCOC(=O)C1=C(O)C[C@H](c2ccccc2)O[C@@H]1Cc1ccccc1. The van der Waals surface area contributed by atoms with Crippen LogP contribution in [-0.4, -0.2) is 23.8 Å². The van der Waals surface area contributed by atoms with Crippen LogP contribution >= 0.6 is 0 Å². The standard InChI is InChI=1S/C21H22O4/c1-2-24-21(23)20-17(22)14-18(16-11-7-4-8-12-16)25-19(20)13-15-9-5-3-6-10-15/h3-12,18-19,22H,2,13-14H2,1H3/t18-,19-/m1/s1. The molecule has 0 spiro atoms. The molecule has 1 N–H and O–H groups in total. The lowest BCUT2D eigenvalue weighted by molar-refractivity contribution is -0.142. The molecule has 4 nitrogen and oxygen atoms in total. The average Bonchev–Trinajstić information content (AvgIpc) is 2.63. The van der Waals surface area contributed by atoms with E-state index in [1.54, 1.807) is 6.92 Å². The first-order chi connectivity index (χ1) is 12.2. The molecule has 1 aliphatic heterocycles. The van der Waals surface area contributed by atoms with Crippen LogP contribution in [0.3, 0.4) is 0 Å². The fourth-order valence-electron chi connectivity index (χ4n) is 3.09. The van der Waals surface area contributed by atoms with Gasteiger partial charge < -0.3 is 14.6 Å². The lowest BCUT2D eigenvalue weighted by Gasteiger charge is -2.31. The van der Waals surface area contributed by atoms with Crippen LogP contribution in [0.15, 0.2) is 72.0 Å². The summed E-state index contributed by atoms with van der Waals surface area (Å²) >= 11 is 0. The van der Waals surface area contributed by atoms with Crippen LogP contribution in [0.25, 0.3) is 0 Å². The van der Waals surface area contributed by atoms with Gasteiger partial charge in [-0.1, -0.05) is 60.7 Å². The number of hydrogen-bond donors (Lipinski definition) is 1. The number of benzene rings is 2. The van der Waals surface area contributed by atoms with E-state index in [2.05, 4.69) is 0 Å². The van der Waals surface area contributed by atoms with Crippen molar-refractivity contribution in [3.05, 3.63) is 83.1 Å². The molecule has 4 heteroatoms. The van der Waals surface area contributed by atoms with Gasteiger partial charge in [-0.3, -0.25) is 0 Å². The topological polar surface area (TPSA) is 55.8 Å². The summed E-state index contributed by atoms with van der Waals surface area (Å²) in [5.41, 5.74) is 2.25. The Bertz CT molecular complexity index is 737. The van der Waals surface area contributed by atoms with E-state index < -0.39 is 12.1 Å². The number of aliphatic hydroxyl groups excluding tert-OH is 1. The van der Waals surface area contributed by atoms with Crippen molar-refractivity contribution in [2.45, 2.75) is 32.0 Å². The normalized spacial score (nSPS) is 20.4. The van der Waals surface area contributed by atoms with E-state index in [-0.39, 0.29) is 30.5 Å². The summed E-state index contributed by atoms with van der Waals surface area (Å²) in [6.45, 7) is 2.01. The van der Waals surface area contributed by atoms with E-state index in [0.29, 0.717) is 6.42 Å². The number of hydrogen-bond acceptors (Lipinski definition) is 4. The second kappa shape index (κ2) is 7.99. The predicted octanol–water partition coefficient (Wildman–Crippen LogP) is 4.13. The molecule has 2 atom stereocenters. The highest BCUT2D eigenvalue weighted by atomic mass is 16.5. The number of rotatable bonds is 5. The number of ether oxygens (including phenoxy) is 2. The highest BCUT2D eigenvalue weighted by Gasteiger charge is 2.35. The molecule has 0 radical (unpaired) electrons. The Morgan fingerprint density at radius 1 is 1.12 bits per heavy atom. The van der Waals surface area contributed by atoms with E-state index in [4.69, 9.17) is 9.47 Å². The Morgan fingerprint density at radius 2 is 1.76 bits per heavy atom. The fraction of sp³-hybridized carbons (Fsp3) is 0.286. The van der Waals surface area contributed by atoms with Gasteiger partial charge in [0.15, 0.2) is 0 Å². The first-order valence-electron chi connectivity index (χ1n) is 8.52. The van der Waals surface area contributed by atoms with E-state index in [1.165, 1.54) is 0 Å². The molecule has 130 valence electrons. The maximum Gasteiger partial charge on any atom is 0.340 e. The van der Waals surface area contributed by atoms with Crippen LogP contribution in [0.1, 0.15) is 30.6 Å². The molecular formula is C21H22O4. The van der Waals surface area contributed by atoms with Crippen molar-refractivity contribution in [2.24, 2.45) is 0 Å². The molecule has 25 heavy (non-hydrogen) atoms. The van der Waals surface area contributed by atoms with Crippen LogP contribution in [0.4, 0.5) is 0 Å². The van der Waals surface area contributed by atoms with Crippen LogP contribution in [0, 0.1) is 0 Å². The van der Waals surface area contributed by atoms with Gasteiger partial charge in [-0.15, -0.1) is 0 Å². The molecule has 0 saturated carbocycles. The number of carbonyl (C=O) groups is 1. The van der Waals surface area contributed by atoms with Crippen molar-refractivity contribution in [1.29, 1.82) is 0 Å². The Kier molecular flexibility index (Phi) is 5.51. The van der Waals surface area contributed by atoms with Crippen molar-refractivity contribution in [2.75, 3.05) is 6.61 Å². The minimum atomic E-state index is -0.541. The molecule has 2 aromatic carbocycles. The zero-order valence-electron chi connectivity index (χ0n) is 14.2. The van der Waals surface area contributed by atoms with Crippen LogP contribution in [0.5, 0.6) is 0 Å². The summed E-state index contributed by atoms with van der Waals surface area (Å²) in [5, 5.41) is 10.5. The van der Waals surface area contributed by atoms with Crippen molar-refractivity contribution in [3.63, 3.8) is 0 Å². The first-order valence-corrected chi connectivity index (χ1v) is 8.52. The van der Waals surface area contributed by atoms with E-state index in [9.17, 15) is 9.90 Å². The van der Waals surface area contributed by atoms with Gasteiger partial charge in [-0.05, 0) is 18.1 Å². The third-order valence-electron chi connectivity index (χ3n) is 4.27. The van der Waals surface area contributed by atoms with Crippen LogP contribution < -0.4 is 0 Å². The third-order valence-corrected chi connectivity index (χ3v) is 4.27. The minimum Gasteiger partial charge on any atom is -0.512 e. The second-order valence-electron chi connectivity index (χ2n) is 6.00. The van der Waals surface area contributed by atoms with Gasteiger partial charge in [0.2, 0.25) is 0 Å². The second-order valence-corrected chi connectivity index (χ2v) is 6.00. The van der Waals surface area contributed by atoms with Crippen LogP contribution in [-0.2, 0) is 20.7 Å². The Labute approximate surface area is 147 Å². The zero-order chi connectivity index (χ0) is 17.6. The summed E-state index contributed by atoms with van der Waals surface area (Å²) in [4.78, 5) is 12.3. The number of esters is 1. The molecule has 1 aliphatic rings. The molecule has 1 heterocycles. The van der Waals surface area contributed by atoms with Crippen LogP contribution in [0.2, 0.25) is 0 Å². The number of aliphatic hydroxyl groups is 1. The molecule has 0 fully saturated rings. The van der Waals surface area contributed by atoms with Gasteiger partial charge in [0, 0.05) is 12.8 Å². The molecule has 2 aromatic rings. The van der Waals surface area contributed by atoms with Gasteiger partial charge >= 0.3 is 5.97 Å². The summed E-state index contributed by atoms with van der Waals surface area (Å²) < 4.78 is 11.3. The molecule has 0 saturated heterocycles. The van der Waals surface area contributed by atoms with E-state index >= 15 is 0 Å². The fourth-order valence-corrected chi connectivity index (χ4v) is 3.09. The van der Waals surface area contributed by atoms with Crippen molar-refractivity contribution >= 4 is 5.97 Å². The monoisotopic (exact) mass is 338 g/mol. The molecule has 0 aliphatic carbocycles. The molecule has 0 unspecified atom stereocenters. The van der Waals surface area contributed by atoms with Crippen molar-refractivity contribution < 1.29 is 19.4 Å².